The maximum atomic E-state index is 5.70. The minimum absolute atomic E-state index is 0.496. The minimum Gasteiger partial charge on any atom is -0.489 e. The number of ether oxygens (including phenoxy) is 1. The molecular weight excluding hydrogens is 260 g/mol. The first-order chi connectivity index (χ1) is 10.3. The average Bonchev–Trinajstić information content (AvgIpc) is 2.52. The summed E-state index contributed by atoms with van der Waals surface area (Å²) < 4.78 is 5.70. The summed E-state index contributed by atoms with van der Waals surface area (Å²) in [5.41, 5.74) is 1.21. The number of piperidine rings is 1. The molecule has 1 N–H and O–H groups in total. The van der Waals surface area contributed by atoms with Crippen molar-refractivity contribution in [1.29, 1.82) is 0 Å². The average molecular weight is 288 g/mol. The van der Waals surface area contributed by atoms with Gasteiger partial charge in [-0.3, -0.25) is 0 Å². The lowest BCUT2D eigenvalue weighted by molar-refractivity contribution is 0.208. The number of para-hydroxylation sites is 1. The predicted molar refractivity (Wildman–Crippen MR) is 88.7 cm³/mol. The van der Waals surface area contributed by atoms with E-state index in [0.717, 1.165) is 18.8 Å². The lowest BCUT2D eigenvalue weighted by Crippen LogP contribution is -2.41. The number of nitrogens with zero attached hydrogens (tertiary/aromatic N) is 1. The second-order valence-corrected chi connectivity index (χ2v) is 5.85. The highest BCUT2D eigenvalue weighted by molar-refractivity contribution is 5.33. The third kappa shape index (κ3) is 5.52. The Morgan fingerprint density at radius 1 is 1.29 bits per heavy atom. The van der Waals surface area contributed by atoms with Gasteiger partial charge in [0.15, 0.2) is 0 Å². The molecule has 1 aromatic rings. The first-order valence-corrected chi connectivity index (χ1v) is 8.07. The van der Waals surface area contributed by atoms with Crippen LogP contribution in [-0.4, -0.2) is 37.2 Å². The number of nitrogens with one attached hydrogen (secondary N) is 1. The van der Waals surface area contributed by atoms with Gasteiger partial charge in [-0.15, -0.1) is 0 Å². The van der Waals surface area contributed by atoms with Crippen LogP contribution < -0.4 is 10.1 Å². The zero-order valence-corrected chi connectivity index (χ0v) is 13.2. The lowest BCUT2D eigenvalue weighted by Gasteiger charge is -2.29. The van der Waals surface area contributed by atoms with Gasteiger partial charge in [0.2, 0.25) is 0 Å². The molecule has 1 saturated heterocycles. The Bertz CT molecular complexity index is 427. The summed E-state index contributed by atoms with van der Waals surface area (Å²) in [4.78, 5) is 2.57. The molecule has 0 bridgehead atoms. The van der Waals surface area contributed by atoms with Crippen molar-refractivity contribution in [2.24, 2.45) is 0 Å². The second-order valence-electron chi connectivity index (χ2n) is 5.85. The van der Waals surface area contributed by atoms with Gasteiger partial charge in [-0.25, -0.2) is 0 Å². The van der Waals surface area contributed by atoms with Crippen LogP contribution >= 0.6 is 0 Å². The van der Waals surface area contributed by atoms with Crippen LogP contribution in [0.25, 0.3) is 0 Å². The zero-order chi connectivity index (χ0) is 14.9. The number of likely N-dealkylation sites (tertiary alicyclic amines) is 1. The molecule has 0 spiro atoms. The topological polar surface area (TPSA) is 24.5 Å². The van der Waals surface area contributed by atoms with E-state index in [1.165, 1.54) is 37.9 Å². The van der Waals surface area contributed by atoms with Gasteiger partial charge in [0, 0.05) is 24.7 Å². The maximum Gasteiger partial charge on any atom is 0.124 e. The van der Waals surface area contributed by atoms with E-state index in [1.54, 1.807) is 6.08 Å². The van der Waals surface area contributed by atoms with Crippen molar-refractivity contribution in [3.8, 4) is 5.75 Å². The maximum absolute atomic E-state index is 5.70. The number of hydrogen-bond acceptors (Lipinski definition) is 3. The lowest BCUT2D eigenvalue weighted by atomic mass is 10.1. The van der Waals surface area contributed by atoms with E-state index in [1.807, 2.05) is 12.1 Å². The summed E-state index contributed by atoms with van der Waals surface area (Å²) in [6.07, 6.45) is 5.88. The normalized spacial score (nSPS) is 17.4. The van der Waals surface area contributed by atoms with Crippen LogP contribution in [0.1, 0.15) is 31.7 Å². The molecule has 2 rings (SSSR count). The molecule has 0 aromatic heterocycles. The quantitative estimate of drug-likeness (QED) is 0.743. The molecule has 0 saturated carbocycles. The third-order valence-corrected chi connectivity index (χ3v) is 3.95. The molecule has 116 valence electrons. The Morgan fingerprint density at radius 2 is 2.05 bits per heavy atom. The van der Waals surface area contributed by atoms with Crippen molar-refractivity contribution >= 4 is 0 Å². The van der Waals surface area contributed by atoms with Crippen LogP contribution in [-0.2, 0) is 6.54 Å². The molecule has 0 aliphatic carbocycles. The Labute approximate surface area is 129 Å². The molecule has 1 fully saturated rings. The van der Waals surface area contributed by atoms with Gasteiger partial charge in [-0.05, 0) is 38.9 Å². The van der Waals surface area contributed by atoms with Gasteiger partial charge in [0.25, 0.3) is 0 Å². The highest BCUT2D eigenvalue weighted by atomic mass is 16.5. The SMILES string of the molecule is C=CCOc1ccccc1CNC(C)CN1CCCCC1. The monoisotopic (exact) mass is 288 g/mol. The van der Waals surface area contributed by atoms with Gasteiger partial charge in [0.05, 0.1) is 0 Å². The number of rotatable bonds is 8. The molecule has 21 heavy (non-hydrogen) atoms. The van der Waals surface area contributed by atoms with Crippen LogP contribution in [0.2, 0.25) is 0 Å². The highest BCUT2D eigenvalue weighted by Gasteiger charge is 2.13. The number of benzene rings is 1. The summed E-state index contributed by atoms with van der Waals surface area (Å²) in [6.45, 7) is 11.0. The fraction of sp³-hybridized carbons (Fsp3) is 0.556. The van der Waals surface area contributed by atoms with Gasteiger partial charge in [-0.2, -0.15) is 0 Å². The molecule has 1 unspecified atom stereocenters. The Balaban J connectivity index is 1.79. The molecule has 1 aliphatic heterocycles. The van der Waals surface area contributed by atoms with Crippen LogP contribution in [0.3, 0.4) is 0 Å². The fourth-order valence-corrected chi connectivity index (χ4v) is 2.82. The molecule has 3 nitrogen and oxygen atoms in total. The van der Waals surface area contributed by atoms with Crippen LogP contribution in [0.4, 0.5) is 0 Å². The second kappa shape index (κ2) is 8.85. The molecule has 3 heteroatoms. The third-order valence-electron chi connectivity index (χ3n) is 3.95. The van der Waals surface area contributed by atoms with E-state index in [-0.39, 0.29) is 0 Å². The van der Waals surface area contributed by atoms with Gasteiger partial charge >= 0.3 is 0 Å². The van der Waals surface area contributed by atoms with Crippen molar-refractivity contribution in [2.75, 3.05) is 26.2 Å². The molecule has 1 heterocycles. The van der Waals surface area contributed by atoms with E-state index in [9.17, 15) is 0 Å². The fourth-order valence-electron chi connectivity index (χ4n) is 2.82. The van der Waals surface area contributed by atoms with Gasteiger partial charge in [0.1, 0.15) is 12.4 Å². The zero-order valence-electron chi connectivity index (χ0n) is 13.2. The summed E-state index contributed by atoms with van der Waals surface area (Å²) in [7, 11) is 0. The van der Waals surface area contributed by atoms with Crippen molar-refractivity contribution < 1.29 is 4.74 Å². The van der Waals surface area contributed by atoms with Crippen LogP contribution in [0.5, 0.6) is 5.75 Å². The Kier molecular flexibility index (Phi) is 6.77. The summed E-state index contributed by atoms with van der Waals surface area (Å²) >= 11 is 0. The van der Waals surface area contributed by atoms with E-state index < -0.39 is 0 Å². The molecule has 1 aromatic carbocycles. The largest absolute Gasteiger partial charge is 0.489 e. The van der Waals surface area contributed by atoms with E-state index in [4.69, 9.17) is 4.74 Å². The van der Waals surface area contributed by atoms with Crippen LogP contribution in [0.15, 0.2) is 36.9 Å². The first kappa shape index (κ1) is 16.1. The predicted octanol–water partition coefficient (Wildman–Crippen LogP) is 3.22. The molecule has 1 aliphatic rings. The standard InChI is InChI=1S/C18H28N2O/c1-3-13-21-18-10-6-5-9-17(18)14-19-16(2)15-20-11-7-4-8-12-20/h3,5-6,9-10,16,19H,1,4,7-8,11-15H2,2H3. The molecular formula is C18H28N2O. The summed E-state index contributed by atoms with van der Waals surface area (Å²) in [5.74, 6) is 0.954. The van der Waals surface area contributed by atoms with Crippen molar-refractivity contribution in [2.45, 2.75) is 38.8 Å². The van der Waals surface area contributed by atoms with Gasteiger partial charge in [-0.1, -0.05) is 37.3 Å². The summed E-state index contributed by atoms with van der Waals surface area (Å²) in [6, 6.07) is 8.72. The van der Waals surface area contributed by atoms with Crippen LogP contribution in [0, 0.1) is 0 Å². The van der Waals surface area contributed by atoms with Crippen molar-refractivity contribution in [3.63, 3.8) is 0 Å². The Morgan fingerprint density at radius 3 is 2.81 bits per heavy atom. The van der Waals surface area contributed by atoms with E-state index >= 15 is 0 Å². The van der Waals surface area contributed by atoms with Crippen molar-refractivity contribution in [1.82, 2.24) is 10.2 Å². The van der Waals surface area contributed by atoms with E-state index in [0.29, 0.717) is 12.6 Å². The summed E-state index contributed by atoms with van der Waals surface area (Å²) in [5, 5.41) is 3.62. The minimum atomic E-state index is 0.496. The number of hydrogen-bond donors (Lipinski definition) is 1. The van der Waals surface area contributed by atoms with Crippen molar-refractivity contribution in [3.05, 3.63) is 42.5 Å². The molecule has 1 atom stereocenters. The first-order valence-electron chi connectivity index (χ1n) is 8.07. The molecule has 0 amide bonds. The Hall–Kier alpha value is -1.32. The van der Waals surface area contributed by atoms with E-state index in [2.05, 4.69) is 35.9 Å². The smallest absolute Gasteiger partial charge is 0.124 e. The molecule has 0 radical (unpaired) electrons. The highest BCUT2D eigenvalue weighted by Crippen LogP contribution is 2.18. The van der Waals surface area contributed by atoms with Gasteiger partial charge < -0.3 is 15.0 Å².